The van der Waals surface area contributed by atoms with E-state index in [1.165, 1.54) is 0 Å². The number of carbonyl (C=O) groups excluding carboxylic acids is 1. The number of amides is 1. The molecule has 100 valence electrons. The van der Waals surface area contributed by atoms with Crippen molar-refractivity contribution in [2.24, 2.45) is 0 Å². The van der Waals surface area contributed by atoms with Crippen molar-refractivity contribution in [3.05, 3.63) is 41.1 Å². The average molecular weight is 281 g/mol. The lowest BCUT2D eigenvalue weighted by molar-refractivity contribution is -0.122. The largest absolute Gasteiger partial charge is 0.479 e. The predicted octanol–water partition coefficient (Wildman–Crippen LogP) is 3.04. The van der Waals surface area contributed by atoms with Gasteiger partial charge in [-0.1, -0.05) is 28.9 Å². The minimum atomic E-state index is -0.697. The molecular formula is C13H13ClN2O3. The molecule has 5 nitrogen and oxygen atoms in total. The molecule has 0 saturated carbocycles. The first-order valence-electron chi connectivity index (χ1n) is 5.71. The van der Waals surface area contributed by atoms with Crippen molar-refractivity contribution in [2.75, 3.05) is 5.32 Å². The number of nitrogens with one attached hydrogen (secondary N) is 1. The summed E-state index contributed by atoms with van der Waals surface area (Å²) in [6.07, 6.45) is -0.697. The SMILES string of the molecule is Cc1cc(NC(=O)[C@H](C)Oc2ccccc2Cl)no1. The summed E-state index contributed by atoms with van der Waals surface area (Å²) < 4.78 is 10.3. The van der Waals surface area contributed by atoms with E-state index < -0.39 is 6.10 Å². The van der Waals surface area contributed by atoms with Crippen LogP contribution in [0, 0.1) is 6.92 Å². The van der Waals surface area contributed by atoms with Crippen LogP contribution in [0.5, 0.6) is 5.75 Å². The Hall–Kier alpha value is -2.01. The van der Waals surface area contributed by atoms with Gasteiger partial charge in [0.1, 0.15) is 11.5 Å². The van der Waals surface area contributed by atoms with Crippen molar-refractivity contribution in [2.45, 2.75) is 20.0 Å². The van der Waals surface area contributed by atoms with Gasteiger partial charge in [-0.15, -0.1) is 0 Å². The van der Waals surface area contributed by atoms with Gasteiger partial charge in [-0.05, 0) is 26.0 Å². The molecular weight excluding hydrogens is 268 g/mol. The molecule has 1 aromatic carbocycles. The predicted molar refractivity (Wildman–Crippen MR) is 71.4 cm³/mol. The van der Waals surface area contributed by atoms with Gasteiger partial charge in [0, 0.05) is 6.07 Å². The standard InChI is InChI=1S/C13H13ClN2O3/c1-8-7-12(16-19-8)15-13(17)9(2)18-11-6-4-3-5-10(11)14/h3-7,9H,1-2H3,(H,15,16,17)/t9-/m0/s1. The van der Waals surface area contributed by atoms with Crippen LogP contribution in [0.2, 0.25) is 5.02 Å². The first-order chi connectivity index (χ1) is 9.06. The van der Waals surface area contributed by atoms with Crippen molar-refractivity contribution in [3.8, 4) is 5.75 Å². The molecule has 1 heterocycles. The molecule has 6 heteroatoms. The Bertz CT molecular complexity index is 583. The normalized spacial score (nSPS) is 11.9. The van der Waals surface area contributed by atoms with Crippen molar-refractivity contribution in [3.63, 3.8) is 0 Å². The van der Waals surface area contributed by atoms with Gasteiger partial charge in [-0.2, -0.15) is 0 Å². The fourth-order valence-corrected chi connectivity index (χ4v) is 1.62. The Morgan fingerprint density at radius 1 is 1.47 bits per heavy atom. The minimum absolute atomic E-state index is 0.326. The fraction of sp³-hybridized carbons (Fsp3) is 0.231. The molecule has 2 aromatic rings. The van der Waals surface area contributed by atoms with E-state index in [2.05, 4.69) is 10.5 Å². The first-order valence-corrected chi connectivity index (χ1v) is 6.09. The second-order valence-electron chi connectivity index (χ2n) is 4.00. The third-order valence-electron chi connectivity index (χ3n) is 2.39. The van der Waals surface area contributed by atoms with Crippen molar-refractivity contribution < 1.29 is 14.1 Å². The van der Waals surface area contributed by atoms with Crippen LogP contribution in [0.1, 0.15) is 12.7 Å². The van der Waals surface area contributed by atoms with Crippen LogP contribution in [0.25, 0.3) is 0 Å². The van der Waals surface area contributed by atoms with E-state index >= 15 is 0 Å². The fourth-order valence-electron chi connectivity index (χ4n) is 1.44. The topological polar surface area (TPSA) is 64.4 Å². The van der Waals surface area contributed by atoms with Gasteiger partial charge < -0.3 is 14.6 Å². The summed E-state index contributed by atoms with van der Waals surface area (Å²) in [5, 5.41) is 6.72. The molecule has 1 amide bonds. The molecule has 0 aliphatic heterocycles. The Morgan fingerprint density at radius 2 is 2.21 bits per heavy atom. The van der Waals surface area contributed by atoms with Crippen LogP contribution < -0.4 is 10.1 Å². The molecule has 2 rings (SSSR count). The number of para-hydroxylation sites is 1. The number of hydrogen-bond donors (Lipinski definition) is 1. The second-order valence-corrected chi connectivity index (χ2v) is 4.41. The molecule has 1 N–H and O–H groups in total. The molecule has 0 bridgehead atoms. The van der Waals surface area contributed by atoms with Crippen molar-refractivity contribution >= 4 is 23.3 Å². The van der Waals surface area contributed by atoms with Gasteiger partial charge in [0.15, 0.2) is 11.9 Å². The lowest BCUT2D eigenvalue weighted by Crippen LogP contribution is -2.30. The van der Waals surface area contributed by atoms with Crippen LogP contribution in [-0.2, 0) is 4.79 Å². The Kier molecular flexibility index (Phi) is 4.06. The quantitative estimate of drug-likeness (QED) is 0.935. The first kappa shape index (κ1) is 13.4. The molecule has 1 atom stereocenters. The van der Waals surface area contributed by atoms with Crippen molar-refractivity contribution in [1.29, 1.82) is 0 Å². The molecule has 0 unspecified atom stereocenters. The summed E-state index contributed by atoms with van der Waals surface area (Å²) in [5.74, 6) is 1.11. The van der Waals surface area contributed by atoms with E-state index in [4.69, 9.17) is 20.9 Å². The van der Waals surface area contributed by atoms with Crippen LogP contribution in [0.15, 0.2) is 34.9 Å². The number of halogens is 1. The molecule has 0 saturated heterocycles. The zero-order chi connectivity index (χ0) is 13.8. The van der Waals surface area contributed by atoms with Gasteiger partial charge in [0.25, 0.3) is 5.91 Å². The molecule has 19 heavy (non-hydrogen) atoms. The second kappa shape index (κ2) is 5.75. The summed E-state index contributed by atoms with van der Waals surface area (Å²) in [6.45, 7) is 3.37. The highest BCUT2D eigenvalue weighted by Gasteiger charge is 2.17. The number of aryl methyl sites for hydroxylation is 1. The maximum atomic E-state index is 11.9. The molecule has 0 spiro atoms. The van der Waals surface area contributed by atoms with Gasteiger partial charge in [0.2, 0.25) is 0 Å². The third-order valence-corrected chi connectivity index (χ3v) is 2.70. The zero-order valence-corrected chi connectivity index (χ0v) is 11.3. The number of ether oxygens (including phenoxy) is 1. The molecule has 0 aliphatic rings. The number of rotatable bonds is 4. The third kappa shape index (κ3) is 3.48. The highest BCUT2D eigenvalue weighted by atomic mass is 35.5. The van der Waals surface area contributed by atoms with E-state index in [9.17, 15) is 4.79 Å². The maximum absolute atomic E-state index is 11.9. The van der Waals surface area contributed by atoms with Crippen molar-refractivity contribution in [1.82, 2.24) is 5.16 Å². The summed E-state index contributed by atoms with van der Waals surface area (Å²) in [4.78, 5) is 11.9. The zero-order valence-electron chi connectivity index (χ0n) is 10.5. The van der Waals surface area contributed by atoms with E-state index in [0.29, 0.717) is 22.4 Å². The minimum Gasteiger partial charge on any atom is -0.479 e. The number of nitrogens with zero attached hydrogens (tertiary/aromatic N) is 1. The van der Waals surface area contributed by atoms with Gasteiger partial charge in [0.05, 0.1) is 5.02 Å². The number of anilines is 1. The van der Waals surface area contributed by atoms with Crippen LogP contribution >= 0.6 is 11.6 Å². The lowest BCUT2D eigenvalue weighted by Gasteiger charge is -2.14. The lowest BCUT2D eigenvalue weighted by atomic mass is 10.3. The average Bonchev–Trinajstić information content (AvgIpc) is 2.77. The number of carbonyl (C=O) groups is 1. The molecule has 0 fully saturated rings. The molecule has 0 aliphatic carbocycles. The number of hydrogen-bond acceptors (Lipinski definition) is 4. The van der Waals surface area contributed by atoms with Crippen LogP contribution in [-0.4, -0.2) is 17.2 Å². The van der Waals surface area contributed by atoms with E-state index in [1.54, 1.807) is 44.2 Å². The number of benzene rings is 1. The summed E-state index contributed by atoms with van der Waals surface area (Å²) >= 11 is 5.95. The van der Waals surface area contributed by atoms with Gasteiger partial charge in [-0.3, -0.25) is 4.79 Å². The van der Waals surface area contributed by atoms with E-state index in [1.807, 2.05) is 0 Å². The summed E-state index contributed by atoms with van der Waals surface area (Å²) in [7, 11) is 0. The Labute approximate surface area is 115 Å². The Balaban J connectivity index is 1.98. The monoisotopic (exact) mass is 280 g/mol. The van der Waals surface area contributed by atoms with Gasteiger partial charge in [-0.25, -0.2) is 0 Å². The van der Waals surface area contributed by atoms with Gasteiger partial charge >= 0.3 is 0 Å². The highest BCUT2D eigenvalue weighted by molar-refractivity contribution is 6.32. The number of aromatic nitrogens is 1. The van der Waals surface area contributed by atoms with Crippen LogP contribution in [0.4, 0.5) is 5.82 Å². The van der Waals surface area contributed by atoms with E-state index in [-0.39, 0.29) is 5.91 Å². The summed E-state index contributed by atoms with van der Waals surface area (Å²) in [6, 6.07) is 8.60. The molecule has 0 radical (unpaired) electrons. The molecule has 1 aromatic heterocycles. The highest BCUT2D eigenvalue weighted by Crippen LogP contribution is 2.24. The summed E-state index contributed by atoms with van der Waals surface area (Å²) in [5.41, 5.74) is 0. The smallest absolute Gasteiger partial charge is 0.266 e. The maximum Gasteiger partial charge on any atom is 0.266 e. The Morgan fingerprint density at radius 3 is 2.84 bits per heavy atom. The van der Waals surface area contributed by atoms with E-state index in [0.717, 1.165) is 0 Å². The van der Waals surface area contributed by atoms with Crippen LogP contribution in [0.3, 0.4) is 0 Å².